The Labute approximate surface area is 125 Å². The highest BCUT2D eigenvalue weighted by molar-refractivity contribution is 5.87. The summed E-state index contributed by atoms with van der Waals surface area (Å²) in [7, 11) is 0. The van der Waals surface area contributed by atoms with Gasteiger partial charge in [0.1, 0.15) is 0 Å². The minimum atomic E-state index is 0.694. The van der Waals surface area contributed by atoms with E-state index in [0.29, 0.717) is 5.92 Å². The minimum Gasteiger partial charge on any atom is -0.378 e. The van der Waals surface area contributed by atoms with Crippen molar-refractivity contribution in [3.8, 4) is 0 Å². The maximum atomic E-state index is 5.46. The van der Waals surface area contributed by atoms with Gasteiger partial charge in [0.05, 0.1) is 13.2 Å². The largest absolute Gasteiger partial charge is 0.378 e. The molecule has 3 heterocycles. The molecular weight excluding hydrogens is 262 g/mol. The minimum absolute atomic E-state index is 0.694. The van der Waals surface area contributed by atoms with Crippen LogP contribution in [0.15, 0.2) is 24.4 Å². The number of morpholine rings is 1. The first-order valence-corrected chi connectivity index (χ1v) is 8.06. The van der Waals surface area contributed by atoms with Crippen LogP contribution in [0.1, 0.15) is 24.3 Å². The number of hydrogen-bond acceptors (Lipinski definition) is 3. The van der Waals surface area contributed by atoms with Crippen LogP contribution in [0.3, 0.4) is 0 Å². The second-order valence-electron chi connectivity index (χ2n) is 6.10. The van der Waals surface area contributed by atoms with Crippen molar-refractivity contribution in [1.29, 1.82) is 0 Å². The van der Waals surface area contributed by atoms with E-state index >= 15 is 0 Å². The van der Waals surface area contributed by atoms with Crippen molar-refractivity contribution in [2.75, 3.05) is 44.3 Å². The fraction of sp³-hybridized carbons (Fsp3) is 0.529. The Balaban J connectivity index is 1.68. The van der Waals surface area contributed by atoms with E-state index < -0.39 is 0 Å². The molecule has 4 heteroatoms. The number of fused-ring (bicyclic) bond motifs is 1. The average Bonchev–Trinajstić information content (AvgIpc) is 2.99. The van der Waals surface area contributed by atoms with Crippen LogP contribution in [-0.2, 0) is 4.74 Å². The Morgan fingerprint density at radius 2 is 1.90 bits per heavy atom. The Morgan fingerprint density at radius 3 is 2.71 bits per heavy atom. The van der Waals surface area contributed by atoms with Crippen LogP contribution in [0.2, 0.25) is 0 Å². The van der Waals surface area contributed by atoms with Gasteiger partial charge >= 0.3 is 0 Å². The summed E-state index contributed by atoms with van der Waals surface area (Å²) in [6, 6.07) is 6.83. The highest BCUT2D eigenvalue weighted by Gasteiger charge is 2.19. The van der Waals surface area contributed by atoms with E-state index in [0.717, 1.165) is 39.4 Å². The number of aromatic nitrogens is 1. The lowest BCUT2D eigenvalue weighted by Gasteiger charge is -2.29. The zero-order chi connectivity index (χ0) is 14.1. The molecule has 2 fully saturated rings. The van der Waals surface area contributed by atoms with Crippen molar-refractivity contribution in [3.63, 3.8) is 0 Å². The number of rotatable bonds is 2. The molecule has 4 nitrogen and oxygen atoms in total. The van der Waals surface area contributed by atoms with Crippen molar-refractivity contribution in [2.45, 2.75) is 18.8 Å². The Hall–Kier alpha value is -1.52. The number of H-pyrrole nitrogens is 1. The number of piperidine rings is 1. The zero-order valence-electron chi connectivity index (χ0n) is 12.4. The van der Waals surface area contributed by atoms with Gasteiger partial charge in [0.25, 0.3) is 0 Å². The van der Waals surface area contributed by atoms with Crippen LogP contribution in [0, 0.1) is 0 Å². The van der Waals surface area contributed by atoms with Crippen molar-refractivity contribution in [2.24, 2.45) is 0 Å². The maximum Gasteiger partial charge on any atom is 0.0642 e. The molecule has 21 heavy (non-hydrogen) atoms. The van der Waals surface area contributed by atoms with Gasteiger partial charge in [-0.15, -0.1) is 0 Å². The lowest BCUT2D eigenvalue weighted by atomic mass is 9.90. The summed E-state index contributed by atoms with van der Waals surface area (Å²) in [5, 5.41) is 4.86. The smallest absolute Gasteiger partial charge is 0.0642 e. The third-order valence-electron chi connectivity index (χ3n) is 4.85. The molecule has 0 atom stereocenters. The number of anilines is 1. The summed E-state index contributed by atoms with van der Waals surface area (Å²) >= 11 is 0. The van der Waals surface area contributed by atoms with E-state index in [9.17, 15) is 0 Å². The van der Waals surface area contributed by atoms with Crippen molar-refractivity contribution in [3.05, 3.63) is 30.0 Å². The number of benzene rings is 1. The number of hydrogen-bond donors (Lipinski definition) is 2. The van der Waals surface area contributed by atoms with Crippen molar-refractivity contribution in [1.82, 2.24) is 10.3 Å². The molecule has 0 amide bonds. The van der Waals surface area contributed by atoms with Gasteiger partial charge in [0.2, 0.25) is 0 Å². The van der Waals surface area contributed by atoms with Crippen molar-refractivity contribution >= 4 is 16.6 Å². The Morgan fingerprint density at radius 1 is 1.10 bits per heavy atom. The topological polar surface area (TPSA) is 40.3 Å². The second kappa shape index (κ2) is 5.70. The molecule has 2 saturated heterocycles. The zero-order valence-corrected chi connectivity index (χ0v) is 12.4. The molecule has 0 spiro atoms. The molecule has 1 aromatic carbocycles. The first-order chi connectivity index (χ1) is 10.4. The lowest BCUT2D eigenvalue weighted by Crippen LogP contribution is -2.36. The molecule has 0 saturated carbocycles. The average molecular weight is 285 g/mol. The monoisotopic (exact) mass is 285 g/mol. The summed E-state index contributed by atoms with van der Waals surface area (Å²) in [6.45, 7) is 5.96. The van der Waals surface area contributed by atoms with E-state index in [4.69, 9.17) is 4.74 Å². The number of nitrogens with one attached hydrogen (secondary N) is 2. The number of aromatic amines is 1. The Kier molecular flexibility index (Phi) is 3.57. The van der Waals surface area contributed by atoms with E-state index in [1.165, 1.54) is 35.0 Å². The second-order valence-corrected chi connectivity index (χ2v) is 6.10. The SMILES string of the molecule is c1cc2[nH]cc(C3CCNCC3)c2cc1N1CCOCC1. The molecule has 1 aromatic heterocycles. The molecule has 2 aromatic rings. The normalized spacial score (nSPS) is 21.0. The summed E-state index contributed by atoms with van der Waals surface area (Å²) in [4.78, 5) is 5.88. The quantitative estimate of drug-likeness (QED) is 0.890. The molecule has 0 bridgehead atoms. The van der Waals surface area contributed by atoms with Gasteiger partial charge in [-0.25, -0.2) is 0 Å². The fourth-order valence-electron chi connectivity index (χ4n) is 3.62. The number of nitrogens with zero attached hydrogens (tertiary/aromatic N) is 1. The lowest BCUT2D eigenvalue weighted by molar-refractivity contribution is 0.122. The first-order valence-electron chi connectivity index (χ1n) is 8.06. The van der Waals surface area contributed by atoms with Gasteiger partial charge in [-0.05, 0) is 55.6 Å². The van der Waals surface area contributed by atoms with E-state index in [1.54, 1.807) is 0 Å². The highest BCUT2D eigenvalue weighted by atomic mass is 16.5. The highest BCUT2D eigenvalue weighted by Crippen LogP contribution is 2.33. The van der Waals surface area contributed by atoms with Gasteiger partial charge in [0.15, 0.2) is 0 Å². The first kappa shape index (κ1) is 13.2. The molecule has 0 radical (unpaired) electrons. The van der Waals surface area contributed by atoms with Crippen LogP contribution in [-0.4, -0.2) is 44.4 Å². The maximum absolute atomic E-state index is 5.46. The van der Waals surface area contributed by atoms with Crippen LogP contribution in [0.4, 0.5) is 5.69 Å². The molecule has 2 aliphatic rings. The van der Waals surface area contributed by atoms with E-state index in [1.807, 2.05) is 0 Å². The predicted octanol–water partition coefficient (Wildman–Crippen LogP) is 2.47. The van der Waals surface area contributed by atoms with Crippen LogP contribution in [0.25, 0.3) is 10.9 Å². The summed E-state index contributed by atoms with van der Waals surface area (Å²) in [5.74, 6) is 0.694. The van der Waals surface area contributed by atoms with Crippen LogP contribution < -0.4 is 10.2 Å². The summed E-state index contributed by atoms with van der Waals surface area (Å²) < 4.78 is 5.46. The summed E-state index contributed by atoms with van der Waals surface area (Å²) in [5.41, 5.74) is 4.10. The van der Waals surface area contributed by atoms with Crippen molar-refractivity contribution < 1.29 is 4.74 Å². The third kappa shape index (κ3) is 2.54. The number of ether oxygens (including phenoxy) is 1. The molecule has 0 unspecified atom stereocenters. The fourth-order valence-corrected chi connectivity index (χ4v) is 3.62. The van der Waals surface area contributed by atoms with E-state index in [-0.39, 0.29) is 0 Å². The van der Waals surface area contributed by atoms with Gasteiger partial charge in [-0.3, -0.25) is 0 Å². The van der Waals surface area contributed by atoms with Gasteiger partial charge in [-0.1, -0.05) is 0 Å². The third-order valence-corrected chi connectivity index (χ3v) is 4.85. The Bertz CT molecular complexity index is 610. The molecular formula is C17H23N3O. The van der Waals surface area contributed by atoms with E-state index in [2.05, 4.69) is 39.6 Å². The standard InChI is InChI=1S/C17H23N3O/c1-2-17-15(11-14(1)20-7-9-21-10-8-20)16(12-19-17)13-3-5-18-6-4-13/h1-2,11-13,18-19H,3-10H2. The van der Waals surface area contributed by atoms with Gasteiger partial charge in [-0.2, -0.15) is 0 Å². The molecule has 2 N–H and O–H groups in total. The molecule has 112 valence electrons. The van der Waals surface area contributed by atoms with Crippen LogP contribution in [0.5, 0.6) is 0 Å². The molecule has 0 aliphatic carbocycles. The van der Waals surface area contributed by atoms with Gasteiger partial charge in [0, 0.05) is 35.9 Å². The summed E-state index contributed by atoms with van der Waals surface area (Å²) in [6.07, 6.45) is 4.72. The van der Waals surface area contributed by atoms with Gasteiger partial charge < -0.3 is 19.9 Å². The molecule has 2 aliphatic heterocycles. The van der Waals surface area contributed by atoms with Crippen LogP contribution >= 0.6 is 0 Å². The molecule has 4 rings (SSSR count). The predicted molar refractivity (Wildman–Crippen MR) is 86.2 cm³/mol.